The van der Waals surface area contributed by atoms with Crippen molar-refractivity contribution in [2.24, 2.45) is 0 Å². The Morgan fingerprint density at radius 3 is 1.71 bits per heavy atom. The molecule has 0 aliphatic carbocycles. The van der Waals surface area contributed by atoms with Crippen molar-refractivity contribution >= 4 is 16.1 Å². The van der Waals surface area contributed by atoms with Gasteiger partial charge in [-0.2, -0.15) is 8.42 Å². The Kier molecular flexibility index (Phi) is 17.6. The van der Waals surface area contributed by atoms with E-state index in [1.54, 1.807) is 31.2 Å². The molecule has 0 amide bonds. The van der Waals surface area contributed by atoms with Gasteiger partial charge >= 0.3 is 5.97 Å². The lowest BCUT2D eigenvalue weighted by Crippen LogP contribution is -2.16. The zero-order valence-corrected chi connectivity index (χ0v) is 21.0. The van der Waals surface area contributed by atoms with Gasteiger partial charge in [0.2, 0.25) is 0 Å². The molecule has 196 valence electrons. The number of rotatable bonds is 22. The van der Waals surface area contributed by atoms with Gasteiger partial charge in [0.05, 0.1) is 71.0 Å². The fourth-order valence-electron chi connectivity index (χ4n) is 2.49. The minimum absolute atomic E-state index is 0.0674. The molecule has 0 aliphatic rings. The quantitative estimate of drug-likeness (QED) is 0.132. The van der Waals surface area contributed by atoms with E-state index in [4.69, 9.17) is 32.6 Å². The zero-order chi connectivity index (χ0) is 24.9. The molecule has 0 atom stereocenters. The van der Waals surface area contributed by atoms with Gasteiger partial charge in [0.25, 0.3) is 10.1 Å². The van der Waals surface area contributed by atoms with Crippen LogP contribution in [0.1, 0.15) is 25.3 Å². The highest BCUT2D eigenvalue weighted by Crippen LogP contribution is 2.13. The molecule has 0 aliphatic heterocycles. The van der Waals surface area contributed by atoms with E-state index < -0.39 is 10.1 Å². The summed E-state index contributed by atoms with van der Waals surface area (Å²) in [7, 11) is -3.71. The number of carbonyl (C=O) groups is 1. The summed E-state index contributed by atoms with van der Waals surface area (Å²) in [6.07, 6.45) is 1.28. The standard InChI is InChI=1S/C23H38O10S/c1-3-32-23(24)20-31-19-18-30-17-16-29-15-14-28-13-12-27-10-4-5-11-33-34(25,26)22-8-6-21(2)7-9-22/h6-9H,3-5,10-20H2,1-2H3. The van der Waals surface area contributed by atoms with Crippen LogP contribution in [0.2, 0.25) is 0 Å². The van der Waals surface area contributed by atoms with Crippen molar-refractivity contribution in [2.45, 2.75) is 31.6 Å². The largest absolute Gasteiger partial charge is 0.464 e. The first kappa shape index (κ1) is 30.4. The minimum atomic E-state index is -3.71. The molecule has 11 heteroatoms. The van der Waals surface area contributed by atoms with Gasteiger partial charge < -0.3 is 28.4 Å². The lowest BCUT2D eigenvalue weighted by Gasteiger charge is -2.08. The molecule has 1 rings (SSSR count). The molecule has 0 bridgehead atoms. The Bertz CT molecular complexity index is 737. The fraction of sp³-hybridized carbons (Fsp3) is 0.696. The molecule has 0 N–H and O–H groups in total. The van der Waals surface area contributed by atoms with Crippen molar-refractivity contribution in [3.05, 3.63) is 29.8 Å². The van der Waals surface area contributed by atoms with E-state index in [9.17, 15) is 13.2 Å². The number of ether oxygens (including phenoxy) is 6. The van der Waals surface area contributed by atoms with Gasteiger partial charge in [-0.1, -0.05) is 17.7 Å². The zero-order valence-electron chi connectivity index (χ0n) is 20.2. The van der Waals surface area contributed by atoms with Crippen LogP contribution in [0.25, 0.3) is 0 Å². The van der Waals surface area contributed by atoms with Crippen LogP contribution in [0.15, 0.2) is 29.2 Å². The maximum absolute atomic E-state index is 12.0. The molecular weight excluding hydrogens is 468 g/mol. The van der Waals surface area contributed by atoms with Crippen LogP contribution in [0.3, 0.4) is 0 Å². The topological polar surface area (TPSA) is 116 Å². The van der Waals surface area contributed by atoms with E-state index in [1.165, 1.54) is 0 Å². The monoisotopic (exact) mass is 506 g/mol. The van der Waals surface area contributed by atoms with Crippen LogP contribution >= 0.6 is 0 Å². The third-order valence-corrected chi connectivity index (χ3v) is 5.57. The van der Waals surface area contributed by atoms with Crippen LogP contribution in [0.5, 0.6) is 0 Å². The molecule has 0 saturated heterocycles. The molecule has 1 aromatic carbocycles. The minimum Gasteiger partial charge on any atom is -0.464 e. The van der Waals surface area contributed by atoms with E-state index in [0.717, 1.165) is 5.56 Å². The number of hydrogen-bond acceptors (Lipinski definition) is 10. The summed E-state index contributed by atoms with van der Waals surface area (Å²) in [5.74, 6) is -0.381. The van der Waals surface area contributed by atoms with E-state index in [2.05, 4.69) is 0 Å². The predicted octanol–water partition coefficient (Wildman–Crippen LogP) is 2.13. The molecule has 10 nitrogen and oxygen atoms in total. The van der Waals surface area contributed by atoms with Crippen LogP contribution in [0.4, 0.5) is 0 Å². The van der Waals surface area contributed by atoms with E-state index in [0.29, 0.717) is 78.9 Å². The summed E-state index contributed by atoms with van der Waals surface area (Å²) in [6, 6.07) is 6.56. The number of aryl methyl sites for hydroxylation is 1. The second-order valence-corrected chi connectivity index (χ2v) is 8.72. The van der Waals surface area contributed by atoms with Crippen molar-refractivity contribution in [3.8, 4) is 0 Å². The molecule has 34 heavy (non-hydrogen) atoms. The first-order chi connectivity index (χ1) is 16.5. The molecule has 0 radical (unpaired) electrons. The molecule has 0 heterocycles. The van der Waals surface area contributed by atoms with Gasteiger partial charge in [-0.25, -0.2) is 4.79 Å². The molecule has 0 unspecified atom stereocenters. The Hall–Kier alpha value is -1.60. The maximum atomic E-state index is 12.0. The third kappa shape index (κ3) is 16.1. The average molecular weight is 507 g/mol. The lowest BCUT2D eigenvalue weighted by molar-refractivity contribution is -0.149. The molecule has 0 fully saturated rings. The lowest BCUT2D eigenvalue weighted by atomic mass is 10.2. The molecule has 1 aromatic rings. The van der Waals surface area contributed by atoms with Gasteiger partial charge in [-0.3, -0.25) is 4.18 Å². The van der Waals surface area contributed by atoms with E-state index in [1.807, 2.05) is 6.92 Å². The highest BCUT2D eigenvalue weighted by atomic mass is 32.2. The predicted molar refractivity (Wildman–Crippen MR) is 124 cm³/mol. The van der Waals surface area contributed by atoms with Crippen LogP contribution in [-0.2, 0) is 47.5 Å². The average Bonchev–Trinajstić information content (AvgIpc) is 2.81. The first-order valence-corrected chi connectivity index (χ1v) is 12.9. The summed E-state index contributed by atoms with van der Waals surface area (Å²) in [4.78, 5) is 11.2. The van der Waals surface area contributed by atoms with E-state index in [-0.39, 0.29) is 24.1 Å². The van der Waals surface area contributed by atoms with Crippen LogP contribution < -0.4 is 0 Å². The van der Waals surface area contributed by atoms with Gasteiger partial charge in [0.15, 0.2) is 0 Å². The highest BCUT2D eigenvalue weighted by molar-refractivity contribution is 7.86. The van der Waals surface area contributed by atoms with E-state index >= 15 is 0 Å². The van der Waals surface area contributed by atoms with Gasteiger partial charge in [0, 0.05) is 6.61 Å². The van der Waals surface area contributed by atoms with Crippen molar-refractivity contribution in [1.29, 1.82) is 0 Å². The molecular formula is C23H38O10S. The summed E-state index contributed by atoms with van der Waals surface area (Å²) < 4.78 is 60.5. The maximum Gasteiger partial charge on any atom is 0.332 e. The Morgan fingerprint density at radius 1 is 0.706 bits per heavy atom. The summed E-state index contributed by atoms with van der Waals surface area (Å²) >= 11 is 0. The Labute approximate surface area is 202 Å². The number of hydrogen-bond donors (Lipinski definition) is 0. The van der Waals surface area contributed by atoms with Gasteiger partial charge in [-0.15, -0.1) is 0 Å². The normalized spacial score (nSPS) is 11.6. The molecule has 0 spiro atoms. The molecule has 0 saturated carbocycles. The van der Waals surface area contributed by atoms with Crippen molar-refractivity contribution in [2.75, 3.05) is 79.3 Å². The van der Waals surface area contributed by atoms with Gasteiger partial charge in [-0.05, 0) is 38.8 Å². The number of carbonyl (C=O) groups excluding carboxylic acids is 1. The molecule has 0 aromatic heterocycles. The SMILES string of the molecule is CCOC(=O)COCCOCCOCCOCCOCCCCOS(=O)(=O)c1ccc(C)cc1. The summed E-state index contributed by atoms with van der Waals surface area (Å²) in [5.41, 5.74) is 0.991. The second-order valence-electron chi connectivity index (χ2n) is 7.10. The van der Waals surface area contributed by atoms with Gasteiger partial charge in [0.1, 0.15) is 6.61 Å². The fourth-order valence-corrected chi connectivity index (χ4v) is 3.43. The smallest absolute Gasteiger partial charge is 0.332 e. The third-order valence-electron chi connectivity index (χ3n) is 4.24. The number of unbranched alkanes of at least 4 members (excludes halogenated alkanes) is 1. The highest BCUT2D eigenvalue weighted by Gasteiger charge is 2.14. The van der Waals surface area contributed by atoms with Crippen LogP contribution in [0, 0.1) is 6.92 Å². The van der Waals surface area contributed by atoms with Crippen LogP contribution in [-0.4, -0.2) is 93.7 Å². The number of benzene rings is 1. The first-order valence-electron chi connectivity index (χ1n) is 11.5. The Balaban J connectivity index is 1.80. The second kappa shape index (κ2) is 19.7. The van der Waals surface area contributed by atoms with Crippen molar-refractivity contribution < 1.29 is 45.8 Å². The van der Waals surface area contributed by atoms with Crippen molar-refractivity contribution in [3.63, 3.8) is 0 Å². The summed E-state index contributed by atoms with van der Waals surface area (Å²) in [6.45, 7) is 7.94. The summed E-state index contributed by atoms with van der Waals surface area (Å²) in [5, 5.41) is 0. The van der Waals surface area contributed by atoms with Crippen molar-refractivity contribution in [1.82, 2.24) is 0 Å². The number of esters is 1. The Morgan fingerprint density at radius 2 is 1.18 bits per heavy atom.